The summed E-state index contributed by atoms with van der Waals surface area (Å²) < 4.78 is 25.5. The van der Waals surface area contributed by atoms with Gasteiger partial charge in [0.25, 0.3) is 5.92 Å². The Morgan fingerprint density at radius 3 is 2.50 bits per heavy atom. The van der Waals surface area contributed by atoms with Crippen LogP contribution in [0, 0.1) is 0 Å². The van der Waals surface area contributed by atoms with Crippen molar-refractivity contribution < 1.29 is 13.9 Å². The number of allylic oxidation sites excluding steroid dienone is 1. The van der Waals surface area contributed by atoms with Crippen molar-refractivity contribution in [1.82, 2.24) is 0 Å². The lowest BCUT2D eigenvalue weighted by Crippen LogP contribution is -2.11. The lowest BCUT2D eigenvalue weighted by molar-refractivity contribution is 0.0422. The molecule has 1 N–H and O–H groups in total. The van der Waals surface area contributed by atoms with Crippen LogP contribution in [0.3, 0.4) is 0 Å². The van der Waals surface area contributed by atoms with Gasteiger partial charge in [-0.2, -0.15) is 0 Å². The first-order valence-electron chi connectivity index (χ1n) is 4.29. The molecule has 0 saturated heterocycles. The third-order valence-electron chi connectivity index (χ3n) is 1.58. The van der Waals surface area contributed by atoms with Gasteiger partial charge in [-0.15, -0.1) is 0 Å². The van der Waals surface area contributed by atoms with Gasteiger partial charge < -0.3 is 5.11 Å². The molecule has 3 heteroatoms. The van der Waals surface area contributed by atoms with Crippen LogP contribution in [0.25, 0.3) is 0 Å². The van der Waals surface area contributed by atoms with Gasteiger partial charge in [0, 0.05) is 6.42 Å². The van der Waals surface area contributed by atoms with Crippen LogP contribution in [-0.4, -0.2) is 17.6 Å². The molecule has 0 aromatic heterocycles. The van der Waals surface area contributed by atoms with E-state index in [9.17, 15) is 8.78 Å². The highest BCUT2D eigenvalue weighted by Gasteiger charge is 2.23. The topological polar surface area (TPSA) is 20.2 Å². The number of hydrogen-bond acceptors (Lipinski definition) is 1. The van der Waals surface area contributed by atoms with Crippen molar-refractivity contribution in [2.75, 3.05) is 6.61 Å². The first-order valence-corrected chi connectivity index (χ1v) is 4.29. The van der Waals surface area contributed by atoms with Gasteiger partial charge in [0.2, 0.25) is 0 Å². The molecule has 0 amide bonds. The maximum Gasteiger partial charge on any atom is 0.266 e. The smallest absolute Gasteiger partial charge is 0.266 e. The Bertz CT molecular complexity index is 132. The Morgan fingerprint density at radius 2 is 2.00 bits per heavy atom. The van der Waals surface area contributed by atoms with Crippen molar-refractivity contribution in [3.63, 3.8) is 0 Å². The molecule has 0 bridgehead atoms. The fraction of sp³-hybridized carbons (Fsp3) is 0.778. The molecule has 0 heterocycles. The van der Waals surface area contributed by atoms with Gasteiger partial charge >= 0.3 is 0 Å². The zero-order valence-corrected chi connectivity index (χ0v) is 7.39. The van der Waals surface area contributed by atoms with Crippen LogP contribution in [0.1, 0.15) is 32.6 Å². The maximum atomic E-state index is 12.7. The molecule has 0 rings (SSSR count). The predicted octanol–water partition coefficient (Wildman–Crippen LogP) is 2.75. The van der Waals surface area contributed by atoms with E-state index in [0.717, 1.165) is 25.0 Å². The molecule has 72 valence electrons. The number of hydrogen-bond donors (Lipinski definition) is 1. The zero-order chi connectivity index (χ0) is 9.45. The highest BCUT2D eigenvalue weighted by Crippen LogP contribution is 2.22. The minimum absolute atomic E-state index is 0.114. The van der Waals surface area contributed by atoms with Gasteiger partial charge in [-0.05, 0) is 12.5 Å². The molecule has 0 radical (unpaired) electrons. The van der Waals surface area contributed by atoms with Crippen molar-refractivity contribution in [3.8, 4) is 0 Å². The Balaban J connectivity index is 3.63. The van der Waals surface area contributed by atoms with Crippen molar-refractivity contribution in [3.05, 3.63) is 12.2 Å². The van der Waals surface area contributed by atoms with E-state index in [4.69, 9.17) is 5.11 Å². The van der Waals surface area contributed by atoms with Crippen LogP contribution in [0.15, 0.2) is 12.2 Å². The molecule has 0 unspecified atom stereocenters. The van der Waals surface area contributed by atoms with Crippen LogP contribution in [-0.2, 0) is 0 Å². The Morgan fingerprint density at radius 1 is 1.33 bits per heavy atom. The second-order valence-corrected chi connectivity index (χ2v) is 2.80. The number of halogens is 2. The zero-order valence-electron chi connectivity index (χ0n) is 7.39. The molecule has 1 nitrogen and oxygen atoms in total. The van der Waals surface area contributed by atoms with Crippen LogP contribution in [0.4, 0.5) is 8.78 Å². The van der Waals surface area contributed by atoms with Crippen molar-refractivity contribution in [1.29, 1.82) is 0 Å². The largest absolute Gasteiger partial charge is 0.392 e. The molecule has 0 aromatic carbocycles. The quantitative estimate of drug-likeness (QED) is 0.489. The summed E-state index contributed by atoms with van der Waals surface area (Å²) in [6.07, 6.45) is 4.08. The van der Waals surface area contributed by atoms with Gasteiger partial charge in [-0.1, -0.05) is 25.8 Å². The van der Waals surface area contributed by atoms with E-state index in [2.05, 4.69) is 0 Å². The summed E-state index contributed by atoms with van der Waals surface area (Å²) >= 11 is 0. The number of rotatable bonds is 6. The highest BCUT2D eigenvalue weighted by atomic mass is 19.3. The van der Waals surface area contributed by atoms with Crippen LogP contribution >= 0.6 is 0 Å². The number of alkyl halides is 2. The summed E-state index contributed by atoms with van der Waals surface area (Å²) in [4.78, 5) is 0. The van der Waals surface area contributed by atoms with Gasteiger partial charge in [0.05, 0.1) is 6.61 Å². The van der Waals surface area contributed by atoms with Crippen LogP contribution in [0.5, 0.6) is 0 Å². The predicted molar refractivity (Wildman–Crippen MR) is 45.3 cm³/mol. The molecule has 0 spiro atoms. The monoisotopic (exact) mass is 178 g/mol. The average Bonchev–Trinajstić information content (AvgIpc) is 2.01. The minimum atomic E-state index is -2.74. The molecule has 0 atom stereocenters. The van der Waals surface area contributed by atoms with E-state index in [1.165, 1.54) is 0 Å². The van der Waals surface area contributed by atoms with E-state index in [1.54, 1.807) is 0 Å². The average molecular weight is 178 g/mol. The minimum Gasteiger partial charge on any atom is -0.392 e. The van der Waals surface area contributed by atoms with E-state index in [-0.39, 0.29) is 13.0 Å². The van der Waals surface area contributed by atoms with E-state index >= 15 is 0 Å². The molecule has 0 fully saturated rings. The number of unbranched alkanes of at least 4 members (excludes halogenated alkanes) is 2. The lowest BCUT2D eigenvalue weighted by atomic mass is 10.1. The molecule has 0 aromatic rings. The first kappa shape index (κ1) is 11.6. The number of aliphatic hydroxyl groups excluding tert-OH is 1. The van der Waals surface area contributed by atoms with Gasteiger partial charge in [0.15, 0.2) is 0 Å². The Labute approximate surface area is 72.1 Å². The van der Waals surface area contributed by atoms with E-state index in [1.807, 2.05) is 6.92 Å². The summed E-state index contributed by atoms with van der Waals surface area (Å²) in [5.41, 5.74) is 0. The molecular weight excluding hydrogens is 162 g/mol. The van der Waals surface area contributed by atoms with Crippen molar-refractivity contribution in [2.24, 2.45) is 0 Å². The van der Waals surface area contributed by atoms with E-state index < -0.39 is 5.92 Å². The third kappa shape index (κ3) is 6.28. The van der Waals surface area contributed by atoms with Gasteiger partial charge in [-0.25, -0.2) is 8.78 Å². The fourth-order valence-corrected chi connectivity index (χ4v) is 0.919. The summed E-state index contributed by atoms with van der Waals surface area (Å²) in [5, 5.41) is 8.28. The van der Waals surface area contributed by atoms with Crippen LogP contribution < -0.4 is 0 Å². The van der Waals surface area contributed by atoms with Gasteiger partial charge in [-0.3, -0.25) is 0 Å². The molecule has 12 heavy (non-hydrogen) atoms. The van der Waals surface area contributed by atoms with Crippen molar-refractivity contribution >= 4 is 0 Å². The SMILES string of the molecule is CCCCCC(F)(F)/C=C/CO. The van der Waals surface area contributed by atoms with Crippen LogP contribution in [0.2, 0.25) is 0 Å². The normalized spacial score (nSPS) is 12.7. The summed E-state index contributed by atoms with van der Waals surface area (Å²) in [5.74, 6) is -2.74. The molecular formula is C9H16F2O. The van der Waals surface area contributed by atoms with Gasteiger partial charge in [0.1, 0.15) is 0 Å². The second-order valence-electron chi connectivity index (χ2n) is 2.80. The first-order chi connectivity index (χ1) is 5.62. The molecule has 0 saturated carbocycles. The summed E-state index contributed by atoms with van der Waals surface area (Å²) in [7, 11) is 0. The van der Waals surface area contributed by atoms with Crippen molar-refractivity contribution in [2.45, 2.75) is 38.5 Å². The lowest BCUT2D eigenvalue weighted by Gasteiger charge is -2.10. The summed E-state index contributed by atoms with van der Waals surface area (Å²) in [6, 6.07) is 0. The highest BCUT2D eigenvalue weighted by molar-refractivity contribution is 4.94. The maximum absolute atomic E-state index is 12.7. The summed E-state index contributed by atoms with van der Waals surface area (Å²) in [6.45, 7) is 1.66. The molecule has 0 aliphatic rings. The molecule has 0 aliphatic carbocycles. The fourth-order valence-electron chi connectivity index (χ4n) is 0.919. The standard InChI is InChI=1S/C9H16F2O/c1-2-3-4-6-9(10,11)7-5-8-12/h5,7,12H,2-4,6,8H2,1H3/b7-5+. The third-order valence-corrected chi connectivity index (χ3v) is 1.58. The van der Waals surface area contributed by atoms with E-state index in [0.29, 0.717) is 6.42 Å². The Hall–Kier alpha value is -0.440. The number of aliphatic hydroxyl groups is 1. The molecule has 0 aliphatic heterocycles. The Kier molecular flexibility index (Phi) is 5.89. The second kappa shape index (κ2) is 6.12.